The summed E-state index contributed by atoms with van der Waals surface area (Å²) in [5, 5.41) is 0. The van der Waals surface area contributed by atoms with E-state index in [1.807, 2.05) is 66.7 Å². The second-order valence-electron chi connectivity index (χ2n) is 6.39. The summed E-state index contributed by atoms with van der Waals surface area (Å²) in [4.78, 5) is 14.3. The molecule has 0 heterocycles. The molecule has 0 radical (unpaired) electrons. The number of thioether (sulfide) groups is 1. The van der Waals surface area contributed by atoms with Gasteiger partial charge in [-0.2, -0.15) is 0 Å². The van der Waals surface area contributed by atoms with Gasteiger partial charge in [0.05, 0.1) is 4.75 Å². The average Bonchev–Trinajstić information content (AvgIpc) is 2.64. The molecule has 0 aliphatic rings. The van der Waals surface area contributed by atoms with Gasteiger partial charge in [-0.05, 0) is 36.6 Å². The highest BCUT2D eigenvalue weighted by Gasteiger charge is 2.34. The first kappa shape index (κ1) is 17.5. The zero-order chi connectivity index (χ0) is 17.5. The maximum Gasteiger partial charge on any atom is 0.153 e. The van der Waals surface area contributed by atoms with Crippen LogP contribution in [0.4, 0.5) is 0 Å². The van der Waals surface area contributed by atoms with Gasteiger partial charge in [0.25, 0.3) is 0 Å². The van der Waals surface area contributed by atoms with Crippen molar-refractivity contribution in [3.8, 4) is 0 Å². The lowest BCUT2D eigenvalue weighted by atomic mass is 9.92. The van der Waals surface area contributed by atoms with Crippen molar-refractivity contribution in [2.75, 3.05) is 0 Å². The molecule has 0 aliphatic heterocycles. The highest BCUT2D eigenvalue weighted by atomic mass is 32.2. The van der Waals surface area contributed by atoms with Gasteiger partial charge in [-0.15, -0.1) is 11.8 Å². The summed E-state index contributed by atoms with van der Waals surface area (Å²) in [5.41, 5.74) is 2.26. The van der Waals surface area contributed by atoms with Crippen molar-refractivity contribution in [3.05, 3.63) is 102 Å². The normalized spacial score (nSPS) is 13.2. The molecular formula is C23H22OS. The summed E-state index contributed by atoms with van der Waals surface area (Å²) in [7, 11) is 0. The van der Waals surface area contributed by atoms with Crippen molar-refractivity contribution in [3.63, 3.8) is 0 Å². The summed E-state index contributed by atoms with van der Waals surface area (Å²) in [5.74, 6) is 0.261. The zero-order valence-electron chi connectivity index (χ0n) is 14.4. The number of hydrogen-bond acceptors (Lipinski definition) is 2. The first-order valence-electron chi connectivity index (χ1n) is 8.51. The third-order valence-electron chi connectivity index (χ3n) is 4.27. The van der Waals surface area contributed by atoms with Crippen molar-refractivity contribution in [2.24, 2.45) is 0 Å². The van der Waals surface area contributed by atoms with Crippen molar-refractivity contribution in [1.29, 1.82) is 0 Å². The Labute approximate surface area is 154 Å². The van der Waals surface area contributed by atoms with Gasteiger partial charge in [0.2, 0.25) is 0 Å². The largest absolute Gasteiger partial charge is 0.298 e. The van der Waals surface area contributed by atoms with E-state index in [0.717, 1.165) is 16.9 Å². The topological polar surface area (TPSA) is 17.1 Å². The second-order valence-corrected chi connectivity index (χ2v) is 7.97. The molecule has 0 spiro atoms. The van der Waals surface area contributed by atoms with E-state index in [-0.39, 0.29) is 5.78 Å². The molecule has 0 amide bonds. The molecule has 0 aliphatic carbocycles. The molecule has 0 bridgehead atoms. The van der Waals surface area contributed by atoms with Crippen LogP contribution in [0.3, 0.4) is 0 Å². The summed E-state index contributed by atoms with van der Waals surface area (Å²) >= 11 is 1.66. The van der Waals surface area contributed by atoms with Gasteiger partial charge in [-0.1, -0.05) is 78.9 Å². The quantitative estimate of drug-likeness (QED) is 0.519. The number of rotatable bonds is 7. The minimum atomic E-state index is -0.501. The Kier molecular flexibility index (Phi) is 5.72. The Hall–Kier alpha value is -2.32. The highest BCUT2D eigenvalue weighted by molar-refractivity contribution is 8.01. The molecule has 1 atom stereocenters. The number of Topliss-reactive ketones (excluding diaryl/α,β-unsaturated/α-hetero) is 1. The SMILES string of the molecule is CC(Cc1ccccc1)(Sc1ccccc1)C(=O)Cc1ccccc1. The Morgan fingerprint density at radius 3 is 1.80 bits per heavy atom. The molecule has 126 valence electrons. The van der Waals surface area contributed by atoms with E-state index in [1.54, 1.807) is 11.8 Å². The first-order valence-corrected chi connectivity index (χ1v) is 9.33. The van der Waals surface area contributed by atoms with Crippen LogP contribution in [-0.4, -0.2) is 10.5 Å². The molecular weight excluding hydrogens is 324 g/mol. The third-order valence-corrected chi connectivity index (χ3v) is 5.60. The van der Waals surface area contributed by atoms with Gasteiger partial charge >= 0.3 is 0 Å². The number of benzene rings is 3. The van der Waals surface area contributed by atoms with Gasteiger partial charge in [0, 0.05) is 11.3 Å². The van der Waals surface area contributed by atoms with E-state index in [0.29, 0.717) is 6.42 Å². The highest BCUT2D eigenvalue weighted by Crippen LogP contribution is 2.37. The Morgan fingerprint density at radius 1 is 0.760 bits per heavy atom. The Balaban J connectivity index is 1.86. The lowest BCUT2D eigenvalue weighted by Crippen LogP contribution is -2.35. The van der Waals surface area contributed by atoms with Crippen LogP contribution in [-0.2, 0) is 17.6 Å². The van der Waals surface area contributed by atoms with Gasteiger partial charge in [-0.3, -0.25) is 4.79 Å². The number of carbonyl (C=O) groups is 1. The van der Waals surface area contributed by atoms with Crippen molar-refractivity contribution < 1.29 is 4.79 Å². The van der Waals surface area contributed by atoms with E-state index >= 15 is 0 Å². The molecule has 0 fully saturated rings. The number of carbonyl (C=O) groups excluding carboxylic acids is 1. The summed E-state index contributed by atoms with van der Waals surface area (Å²) < 4.78 is -0.501. The predicted molar refractivity (Wildman–Crippen MR) is 106 cm³/mol. The van der Waals surface area contributed by atoms with E-state index in [1.165, 1.54) is 5.56 Å². The van der Waals surface area contributed by atoms with Crippen LogP contribution in [0.1, 0.15) is 18.1 Å². The molecule has 0 saturated heterocycles. The Morgan fingerprint density at radius 2 is 1.24 bits per heavy atom. The standard InChI is InChI=1S/C23H22OS/c1-23(18-20-13-7-3-8-14-20,25-21-15-9-4-10-16-21)22(24)17-19-11-5-2-6-12-19/h2-16H,17-18H2,1H3. The van der Waals surface area contributed by atoms with Crippen molar-refractivity contribution in [1.82, 2.24) is 0 Å². The predicted octanol–water partition coefficient (Wildman–Crippen LogP) is 5.59. The molecule has 25 heavy (non-hydrogen) atoms. The lowest BCUT2D eigenvalue weighted by Gasteiger charge is -2.28. The maximum absolute atomic E-state index is 13.2. The van der Waals surface area contributed by atoms with Crippen LogP contribution in [0.15, 0.2) is 95.9 Å². The molecule has 0 N–H and O–H groups in total. The fourth-order valence-electron chi connectivity index (χ4n) is 2.89. The molecule has 2 heteroatoms. The van der Waals surface area contributed by atoms with Gasteiger partial charge in [-0.25, -0.2) is 0 Å². The minimum Gasteiger partial charge on any atom is -0.298 e. The zero-order valence-corrected chi connectivity index (χ0v) is 15.2. The number of ketones is 1. The average molecular weight is 346 g/mol. The molecule has 1 unspecified atom stereocenters. The van der Waals surface area contributed by atoms with E-state index in [9.17, 15) is 4.79 Å². The van der Waals surface area contributed by atoms with Crippen LogP contribution in [0.5, 0.6) is 0 Å². The smallest absolute Gasteiger partial charge is 0.153 e. The van der Waals surface area contributed by atoms with Crippen LogP contribution >= 0.6 is 11.8 Å². The van der Waals surface area contributed by atoms with Crippen LogP contribution in [0, 0.1) is 0 Å². The van der Waals surface area contributed by atoms with Crippen molar-refractivity contribution >= 4 is 17.5 Å². The molecule has 0 aromatic heterocycles. The molecule has 3 aromatic carbocycles. The summed E-state index contributed by atoms with van der Waals surface area (Å²) in [6.45, 7) is 2.07. The Bertz CT molecular complexity index is 756. The van der Waals surface area contributed by atoms with Crippen LogP contribution in [0.25, 0.3) is 0 Å². The summed E-state index contributed by atoms with van der Waals surface area (Å²) in [6.07, 6.45) is 1.18. The van der Waals surface area contributed by atoms with Gasteiger partial charge < -0.3 is 0 Å². The van der Waals surface area contributed by atoms with Crippen LogP contribution < -0.4 is 0 Å². The van der Waals surface area contributed by atoms with E-state index in [2.05, 4.69) is 31.2 Å². The van der Waals surface area contributed by atoms with Crippen LogP contribution in [0.2, 0.25) is 0 Å². The van der Waals surface area contributed by atoms with E-state index in [4.69, 9.17) is 0 Å². The van der Waals surface area contributed by atoms with Gasteiger partial charge in [0.15, 0.2) is 5.78 Å². The minimum absolute atomic E-state index is 0.261. The second kappa shape index (κ2) is 8.17. The van der Waals surface area contributed by atoms with Crippen molar-refractivity contribution in [2.45, 2.75) is 29.4 Å². The van der Waals surface area contributed by atoms with Gasteiger partial charge in [0.1, 0.15) is 0 Å². The fraction of sp³-hybridized carbons (Fsp3) is 0.174. The maximum atomic E-state index is 13.2. The fourth-order valence-corrected chi connectivity index (χ4v) is 4.13. The lowest BCUT2D eigenvalue weighted by molar-refractivity contribution is -0.120. The molecule has 3 rings (SSSR count). The summed E-state index contributed by atoms with van der Waals surface area (Å²) in [6, 6.07) is 30.5. The first-order chi connectivity index (χ1) is 12.2. The van der Waals surface area contributed by atoms with E-state index < -0.39 is 4.75 Å². The third kappa shape index (κ3) is 4.83. The molecule has 1 nitrogen and oxygen atoms in total. The molecule has 3 aromatic rings. The molecule has 0 saturated carbocycles. The monoisotopic (exact) mass is 346 g/mol. The number of hydrogen-bond donors (Lipinski definition) is 0.